The van der Waals surface area contributed by atoms with E-state index in [-0.39, 0.29) is 5.97 Å². The zero-order chi connectivity index (χ0) is 13.0. The zero-order valence-corrected chi connectivity index (χ0v) is 11.1. The Morgan fingerprint density at radius 3 is 3.00 bits per heavy atom. The number of aromatic nitrogens is 1. The molecule has 5 heteroatoms. The van der Waals surface area contributed by atoms with Crippen LogP contribution >= 0.6 is 11.3 Å². The SMILES string of the molecule is CCNc1cnccc1-c1ccc(C(=O)OC)s1. The number of ether oxygens (including phenoxy) is 1. The molecule has 0 aliphatic heterocycles. The van der Waals surface area contributed by atoms with Crippen molar-refractivity contribution in [3.05, 3.63) is 35.5 Å². The van der Waals surface area contributed by atoms with Crippen LogP contribution in [0.1, 0.15) is 16.6 Å². The summed E-state index contributed by atoms with van der Waals surface area (Å²) in [5.74, 6) is -0.301. The molecule has 0 aromatic carbocycles. The van der Waals surface area contributed by atoms with E-state index in [1.165, 1.54) is 18.4 Å². The molecule has 0 saturated carbocycles. The molecular formula is C13H14N2O2S. The van der Waals surface area contributed by atoms with E-state index in [4.69, 9.17) is 4.74 Å². The van der Waals surface area contributed by atoms with Gasteiger partial charge in [0.05, 0.1) is 19.0 Å². The van der Waals surface area contributed by atoms with Crippen LogP contribution in [0, 0.1) is 0 Å². The van der Waals surface area contributed by atoms with Gasteiger partial charge in [-0.2, -0.15) is 0 Å². The van der Waals surface area contributed by atoms with Gasteiger partial charge in [0.1, 0.15) is 4.88 Å². The molecule has 0 aliphatic carbocycles. The molecule has 1 N–H and O–H groups in total. The van der Waals surface area contributed by atoms with Crippen molar-refractivity contribution in [1.29, 1.82) is 0 Å². The van der Waals surface area contributed by atoms with E-state index in [9.17, 15) is 4.79 Å². The van der Waals surface area contributed by atoms with Crippen molar-refractivity contribution in [3.8, 4) is 10.4 Å². The summed E-state index contributed by atoms with van der Waals surface area (Å²) in [6.07, 6.45) is 3.53. The molecule has 2 aromatic rings. The molecule has 0 spiro atoms. The van der Waals surface area contributed by atoms with Gasteiger partial charge in [0.15, 0.2) is 0 Å². The second-order valence-corrected chi connectivity index (χ2v) is 4.69. The standard InChI is InChI=1S/C13H14N2O2S/c1-3-15-10-8-14-7-6-9(10)11-4-5-12(18-11)13(16)17-2/h4-8,15H,3H2,1-2H3. The molecule has 94 valence electrons. The summed E-state index contributed by atoms with van der Waals surface area (Å²) in [5.41, 5.74) is 2.02. The molecule has 0 radical (unpaired) electrons. The van der Waals surface area contributed by atoms with Crippen LogP contribution in [-0.2, 0) is 4.74 Å². The van der Waals surface area contributed by atoms with Gasteiger partial charge in [-0.3, -0.25) is 4.98 Å². The Morgan fingerprint density at radius 2 is 2.28 bits per heavy atom. The van der Waals surface area contributed by atoms with Crippen molar-refractivity contribution < 1.29 is 9.53 Å². The molecule has 0 fully saturated rings. The van der Waals surface area contributed by atoms with Crippen LogP contribution in [0.3, 0.4) is 0 Å². The number of nitrogens with zero attached hydrogens (tertiary/aromatic N) is 1. The largest absolute Gasteiger partial charge is 0.465 e. The van der Waals surface area contributed by atoms with E-state index in [1.807, 2.05) is 19.1 Å². The number of hydrogen-bond acceptors (Lipinski definition) is 5. The predicted molar refractivity (Wildman–Crippen MR) is 73.1 cm³/mol. The third-order valence-corrected chi connectivity index (χ3v) is 3.54. The molecule has 0 saturated heterocycles. The van der Waals surface area contributed by atoms with Gasteiger partial charge in [-0.05, 0) is 25.1 Å². The number of hydrogen-bond donors (Lipinski definition) is 1. The molecule has 4 nitrogen and oxygen atoms in total. The number of thiophene rings is 1. The van der Waals surface area contributed by atoms with Crippen LogP contribution in [-0.4, -0.2) is 24.6 Å². The van der Waals surface area contributed by atoms with Gasteiger partial charge < -0.3 is 10.1 Å². The summed E-state index contributed by atoms with van der Waals surface area (Å²) in [4.78, 5) is 17.2. The summed E-state index contributed by atoms with van der Waals surface area (Å²) in [6, 6.07) is 5.64. The summed E-state index contributed by atoms with van der Waals surface area (Å²) >= 11 is 1.42. The van der Waals surface area contributed by atoms with Gasteiger partial charge in [-0.1, -0.05) is 0 Å². The molecule has 0 amide bonds. The van der Waals surface area contributed by atoms with Gasteiger partial charge in [0, 0.05) is 23.2 Å². The quantitative estimate of drug-likeness (QED) is 0.860. The lowest BCUT2D eigenvalue weighted by Crippen LogP contribution is -1.98. The third-order valence-electron chi connectivity index (χ3n) is 2.45. The minimum Gasteiger partial charge on any atom is -0.465 e. The van der Waals surface area contributed by atoms with Crippen LogP contribution in [0.25, 0.3) is 10.4 Å². The fourth-order valence-electron chi connectivity index (χ4n) is 1.63. The van der Waals surface area contributed by atoms with Crippen LogP contribution in [0.2, 0.25) is 0 Å². The minimum atomic E-state index is -0.301. The van der Waals surface area contributed by atoms with E-state index in [0.29, 0.717) is 4.88 Å². The number of carbonyl (C=O) groups excluding carboxylic acids is 1. The summed E-state index contributed by atoms with van der Waals surface area (Å²) in [7, 11) is 1.39. The van der Waals surface area contributed by atoms with Gasteiger partial charge in [0.25, 0.3) is 0 Å². The number of pyridine rings is 1. The number of esters is 1. The first-order valence-corrected chi connectivity index (χ1v) is 6.44. The highest BCUT2D eigenvalue weighted by molar-refractivity contribution is 7.17. The third kappa shape index (κ3) is 2.51. The maximum absolute atomic E-state index is 11.4. The molecule has 2 aromatic heterocycles. The molecule has 0 atom stereocenters. The second-order valence-electron chi connectivity index (χ2n) is 3.61. The van der Waals surface area contributed by atoms with Crippen molar-refractivity contribution in [2.75, 3.05) is 19.0 Å². The number of anilines is 1. The number of carbonyl (C=O) groups is 1. The highest BCUT2D eigenvalue weighted by Gasteiger charge is 2.12. The van der Waals surface area contributed by atoms with E-state index >= 15 is 0 Å². The normalized spacial score (nSPS) is 10.1. The Balaban J connectivity index is 2.36. The topological polar surface area (TPSA) is 51.2 Å². The molecular weight excluding hydrogens is 248 g/mol. The highest BCUT2D eigenvalue weighted by Crippen LogP contribution is 2.33. The average Bonchev–Trinajstić information content (AvgIpc) is 2.88. The molecule has 18 heavy (non-hydrogen) atoms. The fourth-order valence-corrected chi connectivity index (χ4v) is 2.60. The lowest BCUT2D eigenvalue weighted by molar-refractivity contribution is 0.0606. The van der Waals surface area contributed by atoms with Gasteiger partial charge in [-0.25, -0.2) is 4.79 Å². The number of nitrogens with one attached hydrogen (secondary N) is 1. The van der Waals surface area contributed by atoms with Crippen molar-refractivity contribution >= 4 is 23.0 Å². The monoisotopic (exact) mass is 262 g/mol. The van der Waals surface area contributed by atoms with Crippen molar-refractivity contribution in [3.63, 3.8) is 0 Å². The van der Waals surface area contributed by atoms with E-state index in [1.54, 1.807) is 18.5 Å². The Kier molecular flexibility index (Phi) is 3.94. The maximum Gasteiger partial charge on any atom is 0.348 e. The number of rotatable bonds is 4. The van der Waals surface area contributed by atoms with Crippen LogP contribution < -0.4 is 5.32 Å². The first-order chi connectivity index (χ1) is 8.76. The van der Waals surface area contributed by atoms with Gasteiger partial charge >= 0.3 is 5.97 Å². The molecule has 0 bridgehead atoms. The van der Waals surface area contributed by atoms with E-state index in [0.717, 1.165) is 22.7 Å². The lowest BCUT2D eigenvalue weighted by Gasteiger charge is -2.07. The zero-order valence-electron chi connectivity index (χ0n) is 10.3. The Hall–Kier alpha value is -1.88. The summed E-state index contributed by atoms with van der Waals surface area (Å²) < 4.78 is 4.71. The fraction of sp³-hybridized carbons (Fsp3) is 0.231. The first kappa shape index (κ1) is 12.6. The predicted octanol–water partition coefficient (Wildman–Crippen LogP) is 3.03. The average molecular weight is 262 g/mol. The Morgan fingerprint density at radius 1 is 1.44 bits per heavy atom. The van der Waals surface area contributed by atoms with Gasteiger partial charge in [0.2, 0.25) is 0 Å². The minimum absolute atomic E-state index is 0.301. The van der Waals surface area contributed by atoms with Gasteiger partial charge in [-0.15, -0.1) is 11.3 Å². The molecule has 2 heterocycles. The van der Waals surface area contributed by atoms with Crippen LogP contribution in [0.5, 0.6) is 0 Å². The summed E-state index contributed by atoms with van der Waals surface area (Å²) in [6.45, 7) is 2.86. The lowest BCUT2D eigenvalue weighted by atomic mass is 10.2. The molecule has 0 unspecified atom stereocenters. The second kappa shape index (κ2) is 5.64. The summed E-state index contributed by atoms with van der Waals surface area (Å²) in [5, 5.41) is 3.26. The smallest absolute Gasteiger partial charge is 0.348 e. The van der Waals surface area contributed by atoms with Crippen molar-refractivity contribution in [2.45, 2.75) is 6.92 Å². The Bertz CT molecular complexity index is 551. The molecule has 2 rings (SSSR count). The van der Waals surface area contributed by atoms with E-state index in [2.05, 4.69) is 10.3 Å². The van der Waals surface area contributed by atoms with Crippen molar-refractivity contribution in [2.24, 2.45) is 0 Å². The highest BCUT2D eigenvalue weighted by atomic mass is 32.1. The number of methoxy groups -OCH3 is 1. The molecule has 0 aliphatic rings. The Labute approximate surface area is 110 Å². The van der Waals surface area contributed by atoms with Crippen molar-refractivity contribution in [1.82, 2.24) is 4.98 Å². The maximum atomic E-state index is 11.4. The first-order valence-electron chi connectivity index (χ1n) is 5.62. The van der Waals surface area contributed by atoms with Crippen LogP contribution in [0.4, 0.5) is 5.69 Å². The van der Waals surface area contributed by atoms with Crippen LogP contribution in [0.15, 0.2) is 30.6 Å². The van der Waals surface area contributed by atoms with E-state index < -0.39 is 0 Å².